The average Bonchev–Trinajstić information content (AvgIpc) is 3.06. The van der Waals surface area contributed by atoms with Crippen LogP contribution in [0.2, 0.25) is 0 Å². The Morgan fingerprint density at radius 1 is 1.20 bits per heavy atom. The lowest BCUT2D eigenvalue weighted by Gasteiger charge is -2.23. The minimum atomic E-state index is 0.250. The summed E-state index contributed by atoms with van der Waals surface area (Å²) in [6, 6.07) is 11.1. The molecule has 2 aromatic rings. The quantitative estimate of drug-likeness (QED) is 0.902. The molecule has 0 amide bonds. The zero-order valence-electron chi connectivity index (χ0n) is 12.4. The first-order chi connectivity index (χ1) is 9.72. The maximum absolute atomic E-state index is 5.92. The van der Waals surface area contributed by atoms with Crippen molar-refractivity contribution in [3.8, 4) is 0 Å². The van der Waals surface area contributed by atoms with Crippen molar-refractivity contribution in [3.63, 3.8) is 0 Å². The number of rotatable bonds is 5. The van der Waals surface area contributed by atoms with Crippen molar-refractivity contribution in [1.29, 1.82) is 0 Å². The Hall–Kier alpha value is -1.32. The topological polar surface area (TPSA) is 28.4 Å². The standard InChI is InChI=1S/C17H24N2O/c1-13(12-19-9-5-6-10-19)18-14(2)17-11-15-7-3-4-8-16(15)20-17/h3-4,7-8,11,13-14,18H,5-6,9-10,12H2,1-2H3. The second-order valence-electron chi connectivity index (χ2n) is 5.98. The molecule has 1 fully saturated rings. The first kappa shape index (κ1) is 13.7. The minimum Gasteiger partial charge on any atom is -0.459 e. The van der Waals surface area contributed by atoms with E-state index in [1.165, 1.54) is 31.3 Å². The summed E-state index contributed by atoms with van der Waals surface area (Å²) >= 11 is 0. The van der Waals surface area contributed by atoms with Crippen molar-refractivity contribution in [3.05, 3.63) is 36.1 Å². The van der Waals surface area contributed by atoms with E-state index >= 15 is 0 Å². The van der Waals surface area contributed by atoms with Crippen LogP contribution in [0.4, 0.5) is 0 Å². The molecule has 1 aromatic heterocycles. The van der Waals surface area contributed by atoms with Gasteiger partial charge in [-0.05, 0) is 51.9 Å². The molecule has 0 aliphatic carbocycles. The summed E-state index contributed by atoms with van der Waals surface area (Å²) in [6.45, 7) is 8.08. The van der Waals surface area contributed by atoms with Gasteiger partial charge in [0.2, 0.25) is 0 Å². The summed E-state index contributed by atoms with van der Waals surface area (Å²) in [6.07, 6.45) is 2.71. The number of hydrogen-bond donors (Lipinski definition) is 1. The molecular formula is C17H24N2O. The molecule has 2 unspecified atom stereocenters. The zero-order valence-corrected chi connectivity index (χ0v) is 12.4. The van der Waals surface area contributed by atoms with Crippen molar-refractivity contribution >= 4 is 11.0 Å². The van der Waals surface area contributed by atoms with Gasteiger partial charge < -0.3 is 14.6 Å². The lowest BCUT2D eigenvalue weighted by molar-refractivity contribution is 0.283. The van der Waals surface area contributed by atoms with Crippen LogP contribution in [-0.2, 0) is 0 Å². The molecule has 1 saturated heterocycles. The maximum atomic E-state index is 5.92. The molecule has 0 bridgehead atoms. The molecule has 3 nitrogen and oxygen atoms in total. The predicted octanol–water partition coefficient (Wildman–Crippen LogP) is 3.57. The van der Waals surface area contributed by atoms with E-state index in [0.29, 0.717) is 6.04 Å². The number of likely N-dealkylation sites (tertiary alicyclic amines) is 1. The van der Waals surface area contributed by atoms with Crippen molar-refractivity contribution in [2.75, 3.05) is 19.6 Å². The lowest BCUT2D eigenvalue weighted by atomic mass is 10.2. The first-order valence-electron chi connectivity index (χ1n) is 7.69. The van der Waals surface area contributed by atoms with Gasteiger partial charge in [-0.15, -0.1) is 0 Å². The van der Waals surface area contributed by atoms with E-state index < -0.39 is 0 Å². The molecule has 2 atom stereocenters. The Balaban J connectivity index is 1.61. The SMILES string of the molecule is CC(CN1CCCC1)NC(C)c1cc2ccccc2o1. The van der Waals surface area contributed by atoms with Gasteiger partial charge in [-0.2, -0.15) is 0 Å². The van der Waals surface area contributed by atoms with Gasteiger partial charge in [-0.3, -0.25) is 0 Å². The molecule has 1 aliphatic heterocycles. The van der Waals surface area contributed by atoms with Gasteiger partial charge in [-0.1, -0.05) is 18.2 Å². The van der Waals surface area contributed by atoms with Crippen LogP contribution in [0.3, 0.4) is 0 Å². The second-order valence-corrected chi connectivity index (χ2v) is 5.98. The molecule has 1 aliphatic rings. The van der Waals surface area contributed by atoms with Crippen LogP contribution >= 0.6 is 0 Å². The number of nitrogens with zero attached hydrogens (tertiary/aromatic N) is 1. The highest BCUT2D eigenvalue weighted by atomic mass is 16.3. The second kappa shape index (κ2) is 5.98. The van der Waals surface area contributed by atoms with E-state index in [-0.39, 0.29) is 6.04 Å². The van der Waals surface area contributed by atoms with Crippen LogP contribution in [0, 0.1) is 0 Å². The summed E-state index contributed by atoms with van der Waals surface area (Å²) in [4.78, 5) is 2.54. The summed E-state index contributed by atoms with van der Waals surface area (Å²) in [5.41, 5.74) is 0.975. The van der Waals surface area contributed by atoms with Crippen LogP contribution in [0.1, 0.15) is 38.5 Å². The highest BCUT2D eigenvalue weighted by molar-refractivity contribution is 5.77. The number of benzene rings is 1. The Morgan fingerprint density at radius 3 is 2.70 bits per heavy atom. The highest BCUT2D eigenvalue weighted by Crippen LogP contribution is 2.23. The number of furan rings is 1. The van der Waals surface area contributed by atoms with E-state index in [1.54, 1.807) is 0 Å². The summed E-state index contributed by atoms with van der Waals surface area (Å²) in [7, 11) is 0. The molecule has 0 spiro atoms. The number of nitrogens with one attached hydrogen (secondary N) is 1. The molecule has 108 valence electrons. The van der Waals surface area contributed by atoms with Crippen LogP contribution in [0.15, 0.2) is 34.7 Å². The van der Waals surface area contributed by atoms with Crippen LogP contribution < -0.4 is 5.32 Å². The third-order valence-electron chi connectivity index (χ3n) is 4.14. The van der Waals surface area contributed by atoms with Gasteiger partial charge in [0.15, 0.2) is 0 Å². The van der Waals surface area contributed by atoms with Gasteiger partial charge in [-0.25, -0.2) is 0 Å². The maximum Gasteiger partial charge on any atom is 0.134 e. The molecule has 3 rings (SSSR count). The van der Waals surface area contributed by atoms with Crippen molar-refractivity contribution < 1.29 is 4.42 Å². The highest BCUT2D eigenvalue weighted by Gasteiger charge is 2.18. The molecule has 20 heavy (non-hydrogen) atoms. The third kappa shape index (κ3) is 3.05. The lowest BCUT2D eigenvalue weighted by Crippen LogP contribution is -2.39. The average molecular weight is 272 g/mol. The van der Waals surface area contributed by atoms with E-state index in [1.807, 2.05) is 12.1 Å². The van der Waals surface area contributed by atoms with Crippen LogP contribution in [0.25, 0.3) is 11.0 Å². The fourth-order valence-corrected chi connectivity index (χ4v) is 3.13. The summed E-state index contributed by atoms with van der Waals surface area (Å²) in [5, 5.41) is 4.83. The normalized spacial score (nSPS) is 19.5. The Kier molecular flexibility index (Phi) is 4.08. The number of hydrogen-bond acceptors (Lipinski definition) is 3. The first-order valence-corrected chi connectivity index (χ1v) is 7.69. The molecule has 3 heteroatoms. The molecule has 2 heterocycles. The smallest absolute Gasteiger partial charge is 0.134 e. The number of fused-ring (bicyclic) bond motifs is 1. The van der Waals surface area contributed by atoms with E-state index in [9.17, 15) is 0 Å². The Labute approximate surface area is 120 Å². The summed E-state index contributed by atoms with van der Waals surface area (Å²) in [5.74, 6) is 1.03. The fraction of sp³-hybridized carbons (Fsp3) is 0.529. The van der Waals surface area contributed by atoms with E-state index in [0.717, 1.165) is 17.9 Å². The Bertz CT molecular complexity index is 524. The zero-order chi connectivity index (χ0) is 13.9. The number of para-hydroxylation sites is 1. The van der Waals surface area contributed by atoms with Gasteiger partial charge >= 0.3 is 0 Å². The Morgan fingerprint density at radius 2 is 1.95 bits per heavy atom. The minimum absolute atomic E-state index is 0.250. The van der Waals surface area contributed by atoms with Gasteiger partial charge in [0, 0.05) is 18.0 Å². The van der Waals surface area contributed by atoms with Crippen LogP contribution in [-0.4, -0.2) is 30.6 Å². The van der Waals surface area contributed by atoms with Crippen molar-refractivity contribution in [1.82, 2.24) is 10.2 Å². The largest absolute Gasteiger partial charge is 0.459 e. The van der Waals surface area contributed by atoms with E-state index in [4.69, 9.17) is 4.42 Å². The van der Waals surface area contributed by atoms with E-state index in [2.05, 4.69) is 42.3 Å². The van der Waals surface area contributed by atoms with Gasteiger partial charge in [0.05, 0.1) is 6.04 Å². The molecule has 0 radical (unpaired) electrons. The molecule has 1 N–H and O–H groups in total. The molecule has 1 aromatic carbocycles. The van der Waals surface area contributed by atoms with Crippen LogP contribution in [0.5, 0.6) is 0 Å². The summed E-state index contributed by atoms with van der Waals surface area (Å²) < 4.78 is 5.92. The third-order valence-corrected chi connectivity index (χ3v) is 4.14. The van der Waals surface area contributed by atoms with Gasteiger partial charge in [0.1, 0.15) is 11.3 Å². The molecular weight excluding hydrogens is 248 g/mol. The van der Waals surface area contributed by atoms with Crippen molar-refractivity contribution in [2.24, 2.45) is 0 Å². The predicted molar refractivity (Wildman–Crippen MR) is 82.9 cm³/mol. The monoisotopic (exact) mass is 272 g/mol. The van der Waals surface area contributed by atoms with Gasteiger partial charge in [0.25, 0.3) is 0 Å². The van der Waals surface area contributed by atoms with Crippen molar-refractivity contribution in [2.45, 2.75) is 38.8 Å². The fourth-order valence-electron chi connectivity index (χ4n) is 3.13. The molecule has 0 saturated carbocycles.